The molecule has 0 radical (unpaired) electrons. The summed E-state index contributed by atoms with van der Waals surface area (Å²) in [6, 6.07) is 10.5. The number of carbonyl (C=O) groups excluding carboxylic acids is 1. The molecule has 138 valence electrons. The van der Waals surface area contributed by atoms with E-state index in [-0.39, 0.29) is 23.7 Å². The van der Waals surface area contributed by atoms with E-state index in [4.69, 9.17) is 16.3 Å². The summed E-state index contributed by atoms with van der Waals surface area (Å²) in [4.78, 5) is 14.7. The molecule has 0 aliphatic carbocycles. The van der Waals surface area contributed by atoms with Crippen molar-refractivity contribution >= 4 is 17.5 Å². The Labute approximate surface area is 155 Å². The van der Waals surface area contributed by atoms with Gasteiger partial charge in [0.05, 0.1) is 12.1 Å². The fourth-order valence-electron chi connectivity index (χ4n) is 3.10. The highest BCUT2D eigenvalue weighted by Gasteiger charge is 2.32. The van der Waals surface area contributed by atoms with Crippen LogP contribution in [0.3, 0.4) is 0 Å². The van der Waals surface area contributed by atoms with Crippen LogP contribution in [0, 0.1) is 0 Å². The van der Waals surface area contributed by atoms with Crippen LogP contribution in [-0.2, 0) is 0 Å². The lowest BCUT2D eigenvalue weighted by atomic mass is 10.0. The van der Waals surface area contributed by atoms with Crippen molar-refractivity contribution in [3.8, 4) is 11.5 Å². The first kappa shape index (κ1) is 18.5. The first-order valence-corrected chi connectivity index (χ1v) is 8.54. The summed E-state index contributed by atoms with van der Waals surface area (Å²) in [5, 5.41) is 0.543. The van der Waals surface area contributed by atoms with E-state index in [1.54, 1.807) is 35.2 Å². The van der Waals surface area contributed by atoms with E-state index in [9.17, 15) is 13.6 Å². The Hall–Kier alpha value is -2.34. The Morgan fingerprint density at radius 2 is 1.92 bits per heavy atom. The molecule has 2 atom stereocenters. The van der Waals surface area contributed by atoms with Crippen LogP contribution in [0.2, 0.25) is 5.02 Å². The second-order valence-corrected chi connectivity index (χ2v) is 6.57. The van der Waals surface area contributed by atoms with Crippen LogP contribution >= 0.6 is 11.6 Å². The van der Waals surface area contributed by atoms with E-state index < -0.39 is 6.61 Å². The molecule has 7 heteroatoms. The molecule has 0 saturated carbocycles. The third kappa shape index (κ3) is 3.75. The molecule has 0 unspecified atom stereocenters. The minimum atomic E-state index is -2.92. The number of nitrogens with zero attached hydrogens (tertiary/aromatic N) is 1. The van der Waals surface area contributed by atoms with E-state index >= 15 is 0 Å². The second-order valence-electron chi connectivity index (χ2n) is 6.13. The first-order valence-electron chi connectivity index (χ1n) is 8.16. The summed E-state index contributed by atoms with van der Waals surface area (Å²) in [6.07, 6.45) is 0. The van der Waals surface area contributed by atoms with Crippen molar-refractivity contribution in [2.45, 2.75) is 32.5 Å². The van der Waals surface area contributed by atoms with Crippen LogP contribution in [-0.4, -0.2) is 30.1 Å². The largest absolute Gasteiger partial charge is 0.491 e. The van der Waals surface area contributed by atoms with Crippen LogP contribution in [0.1, 0.15) is 35.8 Å². The summed E-state index contributed by atoms with van der Waals surface area (Å²) in [7, 11) is 0. The maximum Gasteiger partial charge on any atom is 0.387 e. The molecule has 3 rings (SSSR count). The van der Waals surface area contributed by atoms with E-state index in [2.05, 4.69) is 4.74 Å². The molecule has 0 N–H and O–H groups in total. The van der Waals surface area contributed by atoms with Crippen molar-refractivity contribution in [2.24, 2.45) is 0 Å². The number of amides is 1. The van der Waals surface area contributed by atoms with Crippen LogP contribution in [0.25, 0.3) is 0 Å². The van der Waals surface area contributed by atoms with Gasteiger partial charge in [-0.3, -0.25) is 4.79 Å². The molecular formula is C19H18ClF2NO3. The number of fused-ring (bicyclic) bond motifs is 1. The van der Waals surface area contributed by atoms with Crippen molar-refractivity contribution in [2.75, 3.05) is 6.61 Å². The SMILES string of the molecule is C[C@@H]1COc2ccc(OC(F)F)cc2[C@H](C)N1C(=O)c1ccc(Cl)cc1. The number of benzene rings is 2. The van der Waals surface area contributed by atoms with Crippen LogP contribution in [0.4, 0.5) is 8.78 Å². The van der Waals surface area contributed by atoms with Gasteiger partial charge in [-0.25, -0.2) is 0 Å². The molecule has 0 spiro atoms. The number of hydrogen-bond donors (Lipinski definition) is 0. The summed E-state index contributed by atoms with van der Waals surface area (Å²) in [6.45, 7) is 1.10. The second kappa shape index (κ2) is 7.50. The summed E-state index contributed by atoms with van der Waals surface area (Å²) in [5.41, 5.74) is 1.12. The highest BCUT2D eigenvalue weighted by Crippen LogP contribution is 2.37. The van der Waals surface area contributed by atoms with Crippen molar-refractivity contribution < 1.29 is 23.0 Å². The van der Waals surface area contributed by atoms with Crippen molar-refractivity contribution in [3.63, 3.8) is 0 Å². The van der Waals surface area contributed by atoms with E-state index in [1.807, 2.05) is 13.8 Å². The molecule has 0 bridgehead atoms. The highest BCUT2D eigenvalue weighted by atomic mass is 35.5. The summed E-state index contributed by atoms with van der Waals surface area (Å²) >= 11 is 5.89. The molecule has 1 heterocycles. The molecule has 2 aromatic rings. The number of rotatable bonds is 3. The van der Waals surface area contributed by atoms with Gasteiger partial charge in [0.25, 0.3) is 5.91 Å². The molecule has 2 aromatic carbocycles. The van der Waals surface area contributed by atoms with Crippen molar-refractivity contribution in [1.29, 1.82) is 0 Å². The zero-order valence-corrected chi connectivity index (χ0v) is 15.0. The molecule has 1 aliphatic rings. The number of carbonyl (C=O) groups is 1. The van der Waals surface area contributed by atoms with Gasteiger partial charge >= 0.3 is 6.61 Å². The minimum Gasteiger partial charge on any atom is -0.491 e. The maximum absolute atomic E-state index is 13.0. The average molecular weight is 382 g/mol. The standard InChI is InChI=1S/C19H18ClF2NO3/c1-11-10-25-17-8-7-15(26-19(21)22)9-16(17)12(2)23(11)18(24)13-3-5-14(20)6-4-13/h3-9,11-12,19H,10H2,1-2H3/t11-,12+/m1/s1. The van der Waals surface area contributed by atoms with Crippen LogP contribution < -0.4 is 9.47 Å². The third-order valence-corrected chi connectivity index (χ3v) is 4.61. The molecular weight excluding hydrogens is 364 g/mol. The zero-order valence-electron chi connectivity index (χ0n) is 14.3. The number of alkyl halides is 2. The van der Waals surface area contributed by atoms with Gasteiger partial charge in [0, 0.05) is 16.1 Å². The third-order valence-electron chi connectivity index (χ3n) is 4.35. The number of halogens is 3. The average Bonchev–Trinajstić information content (AvgIpc) is 2.71. The smallest absolute Gasteiger partial charge is 0.387 e. The van der Waals surface area contributed by atoms with Gasteiger partial charge in [0.2, 0.25) is 0 Å². The molecule has 1 amide bonds. The number of ether oxygens (including phenoxy) is 2. The predicted molar refractivity (Wildman–Crippen MR) is 94.1 cm³/mol. The first-order chi connectivity index (χ1) is 12.4. The number of hydrogen-bond acceptors (Lipinski definition) is 3. The van der Waals surface area contributed by atoms with Gasteiger partial charge in [-0.1, -0.05) is 11.6 Å². The Morgan fingerprint density at radius 3 is 2.58 bits per heavy atom. The van der Waals surface area contributed by atoms with Crippen molar-refractivity contribution in [3.05, 3.63) is 58.6 Å². The molecule has 0 aromatic heterocycles. The Morgan fingerprint density at radius 1 is 1.23 bits per heavy atom. The van der Waals surface area contributed by atoms with Gasteiger partial charge in [0.1, 0.15) is 18.1 Å². The lowest BCUT2D eigenvalue weighted by Gasteiger charge is -2.32. The van der Waals surface area contributed by atoms with Crippen molar-refractivity contribution in [1.82, 2.24) is 4.90 Å². The lowest BCUT2D eigenvalue weighted by Crippen LogP contribution is -2.41. The fraction of sp³-hybridized carbons (Fsp3) is 0.316. The fourth-order valence-corrected chi connectivity index (χ4v) is 3.23. The van der Waals surface area contributed by atoms with Gasteiger partial charge in [-0.05, 0) is 56.3 Å². The molecule has 1 aliphatic heterocycles. The minimum absolute atomic E-state index is 0.0302. The zero-order chi connectivity index (χ0) is 18.8. The normalized spacial score (nSPS) is 19.5. The lowest BCUT2D eigenvalue weighted by molar-refractivity contribution is -0.0499. The molecule has 0 saturated heterocycles. The monoisotopic (exact) mass is 381 g/mol. The summed E-state index contributed by atoms with van der Waals surface area (Å²) < 4.78 is 35.3. The van der Waals surface area contributed by atoms with Gasteiger partial charge in [-0.2, -0.15) is 8.78 Å². The molecule has 26 heavy (non-hydrogen) atoms. The maximum atomic E-state index is 13.0. The van der Waals surface area contributed by atoms with Gasteiger partial charge < -0.3 is 14.4 Å². The Bertz CT molecular complexity index is 798. The highest BCUT2D eigenvalue weighted by molar-refractivity contribution is 6.30. The molecule has 0 fully saturated rings. The molecule has 4 nitrogen and oxygen atoms in total. The van der Waals surface area contributed by atoms with E-state index in [0.29, 0.717) is 28.5 Å². The van der Waals surface area contributed by atoms with Crippen LogP contribution in [0.15, 0.2) is 42.5 Å². The Balaban J connectivity index is 1.96. The topological polar surface area (TPSA) is 38.8 Å². The summed E-state index contributed by atoms with van der Waals surface area (Å²) in [5.74, 6) is 0.401. The van der Waals surface area contributed by atoms with Gasteiger partial charge in [-0.15, -0.1) is 0 Å². The quantitative estimate of drug-likeness (QED) is 0.757. The van der Waals surface area contributed by atoms with E-state index in [1.165, 1.54) is 12.1 Å². The Kier molecular flexibility index (Phi) is 5.32. The van der Waals surface area contributed by atoms with Crippen LogP contribution in [0.5, 0.6) is 11.5 Å². The van der Waals surface area contributed by atoms with E-state index in [0.717, 1.165) is 0 Å². The van der Waals surface area contributed by atoms with Gasteiger partial charge in [0.15, 0.2) is 0 Å². The predicted octanol–water partition coefficient (Wildman–Crippen LogP) is 4.93.